The second-order valence-electron chi connectivity index (χ2n) is 7.44. The van der Waals surface area contributed by atoms with E-state index in [2.05, 4.69) is 5.32 Å². The van der Waals surface area contributed by atoms with Crippen molar-refractivity contribution in [3.8, 4) is 5.75 Å². The molecule has 1 saturated heterocycles. The van der Waals surface area contributed by atoms with Crippen LogP contribution in [-0.4, -0.2) is 81.7 Å². The van der Waals surface area contributed by atoms with Crippen LogP contribution in [0.25, 0.3) is 0 Å². The third-order valence-corrected chi connectivity index (χ3v) is 6.39. The van der Waals surface area contributed by atoms with Crippen LogP contribution in [0.2, 0.25) is 0 Å². The Morgan fingerprint density at radius 1 is 1.30 bits per heavy atom. The van der Waals surface area contributed by atoms with Gasteiger partial charge in [-0.3, -0.25) is 9.59 Å². The normalized spacial score (nSPS) is 17.6. The van der Waals surface area contributed by atoms with E-state index in [0.29, 0.717) is 18.9 Å². The Bertz CT molecular complexity index is 821. The molecule has 1 aliphatic heterocycles. The number of benzene rings is 1. The highest BCUT2D eigenvalue weighted by Crippen LogP contribution is 2.16. The van der Waals surface area contributed by atoms with Crippen LogP contribution in [-0.2, 0) is 30.9 Å². The minimum absolute atomic E-state index is 0.0109. The van der Waals surface area contributed by atoms with Gasteiger partial charge in [-0.15, -0.1) is 0 Å². The average molecular weight is 442 g/mol. The van der Waals surface area contributed by atoms with Crippen molar-refractivity contribution in [2.45, 2.75) is 38.5 Å². The number of amides is 2. The summed E-state index contributed by atoms with van der Waals surface area (Å²) in [5, 5.41) is 2.84. The first-order valence-electron chi connectivity index (χ1n) is 9.85. The topological polar surface area (TPSA) is 105 Å². The Hall–Kier alpha value is -2.17. The zero-order valence-electron chi connectivity index (χ0n) is 18.0. The van der Waals surface area contributed by atoms with Gasteiger partial charge in [-0.05, 0) is 37.5 Å². The molecule has 168 valence electrons. The van der Waals surface area contributed by atoms with Crippen molar-refractivity contribution in [2.75, 3.05) is 40.1 Å². The number of rotatable bonds is 10. The Labute approximate surface area is 178 Å². The summed E-state index contributed by atoms with van der Waals surface area (Å²) in [5.74, 6) is -0.0938. The van der Waals surface area contributed by atoms with Gasteiger partial charge in [0.15, 0.2) is 0 Å². The molecule has 1 aromatic carbocycles. The molecule has 2 amide bonds. The lowest BCUT2D eigenvalue weighted by Crippen LogP contribution is -2.51. The second kappa shape index (κ2) is 10.7. The van der Waals surface area contributed by atoms with Crippen LogP contribution in [0.1, 0.15) is 25.3 Å². The molecule has 2 atom stereocenters. The summed E-state index contributed by atoms with van der Waals surface area (Å²) in [6, 6.07) is 6.35. The zero-order valence-corrected chi connectivity index (χ0v) is 18.8. The summed E-state index contributed by atoms with van der Waals surface area (Å²) in [6.07, 6.45) is 2.88. The van der Waals surface area contributed by atoms with E-state index in [-0.39, 0.29) is 25.1 Å². The first-order chi connectivity index (χ1) is 14.1. The number of sulfonamides is 1. The number of hydrogen-bond acceptors (Lipinski definition) is 6. The standard InChI is InChI=1S/C20H31N3O6S/c1-15(20(25)21-12-18-6-5-11-29-18)23(19(24)14-22(2)30(4,26)27)13-16-7-9-17(28-3)10-8-16/h7-10,15,18H,5-6,11-14H2,1-4H3,(H,21,25)/t15-,18+/m0/s1. The van der Waals surface area contributed by atoms with Gasteiger partial charge in [-0.2, -0.15) is 4.31 Å². The predicted octanol–water partition coefficient (Wildman–Crippen LogP) is 0.599. The number of nitrogens with one attached hydrogen (secondary N) is 1. The SMILES string of the molecule is COc1ccc(CN(C(=O)CN(C)S(C)(=O)=O)[C@@H](C)C(=O)NC[C@H]2CCCO2)cc1. The monoisotopic (exact) mass is 441 g/mol. The van der Waals surface area contributed by atoms with E-state index in [1.54, 1.807) is 38.3 Å². The smallest absolute Gasteiger partial charge is 0.242 e. The van der Waals surface area contributed by atoms with Gasteiger partial charge < -0.3 is 19.7 Å². The van der Waals surface area contributed by atoms with Crippen molar-refractivity contribution < 1.29 is 27.5 Å². The van der Waals surface area contributed by atoms with Crippen molar-refractivity contribution in [3.63, 3.8) is 0 Å². The number of carbonyl (C=O) groups excluding carboxylic acids is 2. The largest absolute Gasteiger partial charge is 0.497 e. The summed E-state index contributed by atoms with van der Waals surface area (Å²) in [5.41, 5.74) is 0.796. The highest BCUT2D eigenvalue weighted by molar-refractivity contribution is 7.88. The highest BCUT2D eigenvalue weighted by atomic mass is 32.2. The number of nitrogens with zero attached hydrogens (tertiary/aromatic N) is 2. The van der Waals surface area contributed by atoms with E-state index in [9.17, 15) is 18.0 Å². The van der Waals surface area contributed by atoms with Gasteiger partial charge in [-0.25, -0.2) is 8.42 Å². The third kappa shape index (κ3) is 6.96. The van der Waals surface area contributed by atoms with Crippen LogP contribution in [0.5, 0.6) is 5.75 Å². The summed E-state index contributed by atoms with van der Waals surface area (Å²) < 4.78 is 35.1. The Kier molecular flexibility index (Phi) is 8.63. The number of carbonyl (C=O) groups is 2. The van der Waals surface area contributed by atoms with Crippen molar-refractivity contribution in [1.82, 2.24) is 14.5 Å². The molecule has 0 aromatic heterocycles. The van der Waals surface area contributed by atoms with E-state index in [1.807, 2.05) is 0 Å². The summed E-state index contributed by atoms with van der Waals surface area (Å²) in [6.45, 7) is 2.52. The minimum Gasteiger partial charge on any atom is -0.497 e. The van der Waals surface area contributed by atoms with Crippen LogP contribution in [0.15, 0.2) is 24.3 Å². The van der Waals surface area contributed by atoms with Gasteiger partial charge >= 0.3 is 0 Å². The lowest BCUT2D eigenvalue weighted by molar-refractivity contribution is -0.140. The van der Waals surface area contributed by atoms with Crippen molar-refractivity contribution >= 4 is 21.8 Å². The van der Waals surface area contributed by atoms with E-state index < -0.39 is 22.0 Å². The average Bonchev–Trinajstić information content (AvgIpc) is 3.23. The van der Waals surface area contributed by atoms with Gasteiger partial charge in [0.05, 0.1) is 26.0 Å². The first kappa shape index (κ1) is 24.1. The molecular weight excluding hydrogens is 410 g/mol. The van der Waals surface area contributed by atoms with E-state index in [1.165, 1.54) is 11.9 Å². The number of likely N-dealkylation sites (N-methyl/N-ethyl adjacent to an activating group) is 1. The molecule has 2 rings (SSSR count). The number of ether oxygens (including phenoxy) is 2. The van der Waals surface area contributed by atoms with Crippen molar-refractivity contribution in [2.24, 2.45) is 0 Å². The Balaban J connectivity index is 2.12. The molecule has 0 aliphatic carbocycles. The number of hydrogen-bond donors (Lipinski definition) is 1. The molecule has 30 heavy (non-hydrogen) atoms. The third-order valence-electron chi connectivity index (χ3n) is 5.13. The van der Waals surface area contributed by atoms with Crippen LogP contribution >= 0.6 is 0 Å². The van der Waals surface area contributed by atoms with Crippen LogP contribution in [0.4, 0.5) is 0 Å². The van der Waals surface area contributed by atoms with Gasteiger partial charge in [-0.1, -0.05) is 12.1 Å². The first-order valence-corrected chi connectivity index (χ1v) is 11.7. The minimum atomic E-state index is -3.53. The molecule has 1 aromatic rings. The summed E-state index contributed by atoms with van der Waals surface area (Å²) >= 11 is 0. The van der Waals surface area contributed by atoms with E-state index in [4.69, 9.17) is 9.47 Å². The zero-order chi connectivity index (χ0) is 22.3. The molecule has 1 N–H and O–H groups in total. The molecule has 0 unspecified atom stereocenters. The predicted molar refractivity (Wildman–Crippen MR) is 112 cm³/mol. The van der Waals surface area contributed by atoms with Crippen molar-refractivity contribution in [3.05, 3.63) is 29.8 Å². The maximum absolute atomic E-state index is 12.9. The van der Waals surface area contributed by atoms with Gasteiger partial charge in [0.25, 0.3) is 0 Å². The van der Waals surface area contributed by atoms with Crippen LogP contribution < -0.4 is 10.1 Å². The van der Waals surface area contributed by atoms with Gasteiger partial charge in [0.2, 0.25) is 21.8 Å². The van der Waals surface area contributed by atoms with Gasteiger partial charge in [0.1, 0.15) is 11.8 Å². The molecular formula is C20H31N3O6S. The molecule has 0 radical (unpaired) electrons. The molecule has 1 heterocycles. The van der Waals surface area contributed by atoms with E-state index in [0.717, 1.165) is 29.0 Å². The molecule has 1 fully saturated rings. The highest BCUT2D eigenvalue weighted by Gasteiger charge is 2.29. The molecule has 0 bridgehead atoms. The van der Waals surface area contributed by atoms with E-state index >= 15 is 0 Å². The quantitative estimate of drug-likeness (QED) is 0.570. The fourth-order valence-electron chi connectivity index (χ4n) is 3.08. The fourth-order valence-corrected chi connectivity index (χ4v) is 3.42. The molecule has 1 aliphatic rings. The molecule has 10 heteroatoms. The Morgan fingerprint density at radius 3 is 2.50 bits per heavy atom. The van der Waals surface area contributed by atoms with Crippen LogP contribution in [0.3, 0.4) is 0 Å². The summed E-state index contributed by atoms with van der Waals surface area (Å²) in [7, 11) is -0.632. The lowest BCUT2D eigenvalue weighted by Gasteiger charge is -2.30. The second-order valence-corrected chi connectivity index (χ2v) is 9.53. The maximum Gasteiger partial charge on any atom is 0.242 e. The fraction of sp³-hybridized carbons (Fsp3) is 0.600. The Morgan fingerprint density at radius 2 is 1.97 bits per heavy atom. The maximum atomic E-state index is 12.9. The molecule has 0 saturated carbocycles. The van der Waals surface area contributed by atoms with Crippen molar-refractivity contribution in [1.29, 1.82) is 0 Å². The molecule has 9 nitrogen and oxygen atoms in total. The summed E-state index contributed by atoms with van der Waals surface area (Å²) in [4.78, 5) is 27.0. The van der Waals surface area contributed by atoms with Crippen LogP contribution in [0, 0.1) is 0 Å². The van der Waals surface area contributed by atoms with Gasteiger partial charge in [0, 0.05) is 26.7 Å². The molecule has 0 spiro atoms. The lowest BCUT2D eigenvalue weighted by atomic mass is 10.1. The number of methoxy groups -OCH3 is 1.